The number of aliphatic carboxylic acids is 1. The van der Waals surface area contributed by atoms with Gasteiger partial charge in [-0.1, -0.05) is 18.2 Å². The number of carboxylic acids is 1. The van der Waals surface area contributed by atoms with Crippen molar-refractivity contribution in [1.82, 2.24) is 5.32 Å². The van der Waals surface area contributed by atoms with E-state index >= 15 is 0 Å². The fourth-order valence-electron chi connectivity index (χ4n) is 2.62. The molecule has 1 aliphatic carbocycles. The predicted octanol–water partition coefficient (Wildman–Crippen LogP) is 2.56. The van der Waals surface area contributed by atoms with Crippen LogP contribution in [0.3, 0.4) is 0 Å². The topological polar surface area (TPSA) is 66.4 Å². The second kappa shape index (κ2) is 7.50. The van der Waals surface area contributed by atoms with Crippen molar-refractivity contribution < 1.29 is 14.7 Å². The molecule has 2 rings (SSSR count). The fourth-order valence-corrected chi connectivity index (χ4v) is 3.17. The zero-order valence-corrected chi connectivity index (χ0v) is 13.0. The highest BCUT2D eigenvalue weighted by Gasteiger charge is 2.14. The van der Waals surface area contributed by atoms with Gasteiger partial charge in [-0.05, 0) is 49.3 Å². The van der Waals surface area contributed by atoms with E-state index < -0.39 is 5.97 Å². The molecule has 114 valence electrons. The summed E-state index contributed by atoms with van der Waals surface area (Å²) in [5.41, 5.74) is 3.95. The Hall–Kier alpha value is -1.49. The maximum atomic E-state index is 11.8. The summed E-state index contributed by atoms with van der Waals surface area (Å²) in [5.74, 6) is -0.871. The van der Waals surface area contributed by atoms with Gasteiger partial charge in [-0.3, -0.25) is 9.59 Å². The van der Waals surface area contributed by atoms with Crippen LogP contribution in [0.15, 0.2) is 18.2 Å². The third kappa shape index (κ3) is 4.77. The van der Waals surface area contributed by atoms with E-state index in [-0.39, 0.29) is 23.5 Å². The van der Waals surface area contributed by atoms with Crippen molar-refractivity contribution in [1.29, 1.82) is 0 Å². The van der Waals surface area contributed by atoms with E-state index in [4.69, 9.17) is 5.11 Å². The molecule has 1 aromatic rings. The van der Waals surface area contributed by atoms with Crippen molar-refractivity contribution >= 4 is 23.6 Å². The predicted molar refractivity (Wildman–Crippen MR) is 84.6 cm³/mol. The molecular weight excluding hydrogens is 286 g/mol. The quantitative estimate of drug-likeness (QED) is 0.847. The van der Waals surface area contributed by atoms with Crippen LogP contribution in [0.4, 0.5) is 0 Å². The molecule has 1 amide bonds. The van der Waals surface area contributed by atoms with Crippen LogP contribution in [0.5, 0.6) is 0 Å². The van der Waals surface area contributed by atoms with E-state index in [1.165, 1.54) is 24.0 Å². The summed E-state index contributed by atoms with van der Waals surface area (Å²) in [6.45, 7) is 1.96. The number of benzene rings is 1. The number of hydrogen-bond acceptors (Lipinski definition) is 3. The molecular formula is C16H21NO3S. The van der Waals surface area contributed by atoms with E-state index in [9.17, 15) is 9.59 Å². The molecule has 1 aliphatic rings. The molecule has 21 heavy (non-hydrogen) atoms. The van der Waals surface area contributed by atoms with Gasteiger partial charge in [0.1, 0.15) is 0 Å². The molecule has 0 aliphatic heterocycles. The molecule has 0 fully saturated rings. The second-order valence-electron chi connectivity index (χ2n) is 5.41. The van der Waals surface area contributed by atoms with Gasteiger partial charge in [0.25, 0.3) is 0 Å². The van der Waals surface area contributed by atoms with Gasteiger partial charge >= 0.3 is 5.97 Å². The lowest BCUT2D eigenvalue weighted by atomic mass is 9.89. The van der Waals surface area contributed by atoms with E-state index in [2.05, 4.69) is 23.5 Å². The average molecular weight is 307 g/mol. The lowest BCUT2D eigenvalue weighted by Gasteiger charge is -2.20. The van der Waals surface area contributed by atoms with Crippen molar-refractivity contribution in [3.05, 3.63) is 34.9 Å². The largest absolute Gasteiger partial charge is 0.481 e. The smallest absolute Gasteiger partial charge is 0.313 e. The molecule has 0 radical (unpaired) electrons. The van der Waals surface area contributed by atoms with Gasteiger partial charge in [-0.2, -0.15) is 0 Å². The monoisotopic (exact) mass is 307 g/mol. The highest BCUT2D eigenvalue weighted by molar-refractivity contribution is 8.00. The van der Waals surface area contributed by atoms with Crippen LogP contribution >= 0.6 is 11.8 Å². The minimum atomic E-state index is -0.893. The number of thioether (sulfide) groups is 1. The Kier molecular flexibility index (Phi) is 5.67. The molecule has 0 aromatic heterocycles. The maximum absolute atomic E-state index is 11.8. The number of amides is 1. The number of carbonyl (C=O) groups excluding carboxylic acids is 1. The first kappa shape index (κ1) is 15.9. The number of rotatable bonds is 6. The van der Waals surface area contributed by atoms with Crippen molar-refractivity contribution in [2.75, 3.05) is 11.5 Å². The van der Waals surface area contributed by atoms with Gasteiger partial charge in [-0.25, -0.2) is 0 Å². The zero-order valence-electron chi connectivity index (χ0n) is 12.2. The second-order valence-corrected chi connectivity index (χ2v) is 6.40. The van der Waals surface area contributed by atoms with Crippen molar-refractivity contribution in [2.24, 2.45) is 0 Å². The van der Waals surface area contributed by atoms with Crippen LogP contribution in [0.25, 0.3) is 0 Å². The van der Waals surface area contributed by atoms with Crippen molar-refractivity contribution in [3.63, 3.8) is 0 Å². The summed E-state index contributed by atoms with van der Waals surface area (Å²) in [4.78, 5) is 22.2. The van der Waals surface area contributed by atoms with Crippen LogP contribution in [-0.2, 0) is 22.4 Å². The van der Waals surface area contributed by atoms with Gasteiger partial charge in [0.15, 0.2) is 0 Å². The Morgan fingerprint density at radius 1 is 1.24 bits per heavy atom. The molecule has 1 unspecified atom stereocenters. The molecule has 0 saturated carbocycles. The average Bonchev–Trinajstić information content (AvgIpc) is 2.46. The van der Waals surface area contributed by atoms with Crippen molar-refractivity contribution in [3.8, 4) is 0 Å². The van der Waals surface area contributed by atoms with E-state index in [1.807, 2.05) is 6.92 Å². The third-order valence-electron chi connectivity index (χ3n) is 3.71. The van der Waals surface area contributed by atoms with Gasteiger partial charge in [0.05, 0.1) is 17.5 Å². The standard InChI is InChI=1S/C16H21NO3S/c1-11(17-15(18)9-21-10-16(19)20)13-7-6-12-4-2-3-5-14(12)8-13/h6-8,11H,2-5,9-10H2,1H3,(H,17,18)(H,19,20). The SMILES string of the molecule is CC(NC(=O)CSCC(=O)O)c1ccc2c(c1)CCCC2. The summed E-state index contributed by atoms with van der Waals surface area (Å²) in [5, 5.41) is 11.5. The summed E-state index contributed by atoms with van der Waals surface area (Å²) in [7, 11) is 0. The van der Waals surface area contributed by atoms with Gasteiger partial charge < -0.3 is 10.4 Å². The number of aryl methyl sites for hydroxylation is 2. The molecule has 2 N–H and O–H groups in total. The van der Waals surface area contributed by atoms with Gasteiger partial charge in [-0.15, -0.1) is 11.8 Å². The minimum absolute atomic E-state index is 0.0410. The molecule has 0 spiro atoms. The number of carboxylic acid groups (broad SMARTS) is 1. The first-order valence-corrected chi connectivity index (χ1v) is 8.42. The van der Waals surface area contributed by atoms with Gasteiger partial charge in [0.2, 0.25) is 5.91 Å². The van der Waals surface area contributed by atoms with E-state index in [1.54, 1.807) is 0 Å². The van der Waals surface area contributed by atoms with Crippen molar-refractivity contribution in [2.45, 2.75) is 38.6 Å². The number of fused-ring (bicyclic) bond motifs is 1. The number of carbonyl (C=O) groups is 2. The Labute approximate surface area is 129 Å². The molecule has 5 heteroatoms. The lowest BCUT2D eigenvalue weighted by molar-refractivity contribution is -0.133. The number of nitrogens with one attached hydrogen (secondary N) is 1. The fraction of sp³-hybridized carbons (Fsp3) is 0.500. The van der Waals surface area contributed by atoms with Gasteiger partial charge in [0, 0.05) is 0 Å². The Morgan fingerprint density at radius 3 is 2.67 bits per heavy atom. The Bertz CT molecular complexity index is 530. The minimum Gasteiger partial charge on any atom is -0.481 e. The summed E-state index contributed by atoms with van der Waals surface area (Å²) >= 11 is 1.12. The van der Waals surface area contributed by atoms with Crippen LogP contribution < -0.4 is 5.32 Å². The molecule has 0 bridgehead atoms. The summed E-state index contributed by atoms with van der Waals surface area (Å²) < 4.78 is 0. The maximum Gasteiger partial charge on any atom is 0.313 e. The Morgan fingerprint density at radius 2 is 1.95 bits per heavy atom. The first-order valence-electron chi connectivity index (χ1n) is 7.27. The van der Waals surface area contributed by atoms with E-state index in [0.717, 1.165) is 30.2 Å². The zero-order chi connectivity index (χ0) is 15.2. The third-order valence-corrected chi connectivity index (χ3v) is 4.63. The number of hydrogen-bond donors (Lipinski definition) is 2. The van der Waals surface area contributed by atoms with Crippen LogP contribution in [0.1, 0.15) is 42.5 Å². The molecule has 0 saturated heterocycles. The molecule has 0 heterocycles. The molecule has 4 nitrogen and oxygen atoms in total. The molecule has 1 aromatic carbocycles. The molecule has 1 atom stereocenters. The highest BCUT2D eigenvalue weighted by atomic mass is 32.2. The summed E-state index contributed by atoms with van der Waals surface area (Å²) in [6, 6.07) is 6.41. The van der Waals surface area contributed by atoms with E-state index in [0.29, 0.717) is 0 Å². The first-order chi connectivity index (χ1) is 10.1. The normalized spacial score (nSPS) is 15.1. The summed E-state index contributed by atoms with van der Waals surface area (Å²) in [6.07, 6.45) is 4.78. The highest BCUT2D eigenvalue weighted by Crippen LogP contribution is 2.24. The van der Waals surface area contributed by atoms with Crippen LogP contribution in [0, 0.1) is 0 Å². The lowest BCUT2D eigenvalue weighted by Crippen LogP contribution is -2.28. The van der Waals surface area contributed by atoms with Crippen LogP contribution in [0.2, 0.25) is 0 Å². The van der Waals surface area contributed by atoms with Crippen LogP contribution in [-0.4, -0.2) is 28.5 Å². The Balaban J connectivity index is 1.89.